The van der Waals surface area contributed by atoms with Gasteiger partial charge in [-0.3, -0.25) is 9.48 Å². The Morgan fingerprint density at radius 3 is 2.86 bits per heavy atom. The number of hydrogen-bond donors (Lipinski definition) is 0. The van der Waals surface area contributed by atoms with E-state index in [0.29, 0.717) is 24.6 Å². The lowest BCUT2D eigenvalue weighted by molar-refractivity contribution is 0.0721. The van der Waals surface area contributed by atoms with Gasteiger partial charge < -0.3 is 9.32 Å². The molecule has 5 rings (SSSR count). The summed E-state index contributed by atoms with van der Waals surface area (Å²) < 4.78 is 7.32. The lowest BCUT2D eigenvalue weighted by Crippen LogP contribution is -2.30. The summed E-state index contributed by atoms with van der Waals surface area (Å²) in [6.45, 7) is 2.90. The van der Waals surface area contributed by atoms with Crippen LogP contribution in [0.1, 0.15) is 51.1 Å². The highest BCUT2D eigenvalue weighted by molar-refractivity contribution is 7.09. The predicted molar refractivity (Wildman–Crippen MR) is 112 cm³/mol. The van der Waals surface area contributed by atoms with Crippen LogP contribution in [0.15, 0.2) is 46.4 Å². The van der Waals surface area contributed by atoms with E-state index in [4.69, 9.17) is 9.40 Å². The molecule has 148 valence electrons. The molecule has 7 heteroatoms. The molecule has 1 aliphatic rings. The molecule has 4 aromatic heterocycles. The Labute approximate surface area is 172 Å². The normalized spacial score (nSPS) is 13.9. The Bertz CT molecular complexity index is 1120. The number of carbonyl (C=O) groups is 1. The topological polar surface area (TPSA) is 64.2 Å². The number of nitrogens with zero attached hydrogens (tertiary/aromatic N) is 4. The van der Waals surface area contributed by atoms with Crippen LogP contribution in [-0.2, 0) is 20.1 Å². The van der Waals surface area contributed by atoms with E-state index in [-0.39, 0.29) is 5.91 Å². The van der Waals surface area contributed by atoms with Crippen LogP contribution in [0.4, 0.5) is 0 Å². The second-order valence-electron chi connectivity index (χ2n) is 7.60. The Kier molecular flexibility index (Phi) is 4.47. The summed E-state index contributed by atoms with van der Waals surface area (Å²) in [6, 6.07) is 9.81. The zero-order chi connectivity index (χ0) is 20.0. The summed E-state index contributed by atoms with van der Waals surface area (Å²) >= 11 is 1.65. The smallest absolute Gasteiger partial charge is 0.255 e. The van der Waals surface area contributed by atoms with Gasteiger partial charge in [-0.15, -0.1) is 11.3 Å². The molecule has 4 aromatic rings. The molecule has 1 amide bonds. The van der Waals surface area contributed by atoms with Crippen LogP contribution < -0.4 is 0 Å². The second-order valence-corrected chi connectivity index (χ2v) is 8.63. The summed E-state index contributed by atoms with van der Waals surface area (Å²) in [5, 5.41) is 7.41. The largest absolute Gasteiger partial charge is 0.467 e. The number of thiophene rings is 1. The highest BCUT2D eigenvalue weighted by Crippen LogP contribution is 2.40. The molecule has 6 nitrogen and oxygen atoms in total. The van der Waals surface area contributed by atoms with Crippen molar-refractivity contribution in [3.63, 3.8) is 0 Å². The van der Waals surface area contributed by atoms with Crippen molar-refractivity contribution < 1.29 is 9.21 Å². The number of amides is 1. The third-order valence-corrected chi connectivity index (χ3v) is 6.22. The van der Waals surface area contributed by atoms with Crippen LogP contribution in [0.3, 0.4) is 0 Å². The predicted octanol–water partition coefficient (Wildman–Crippen LogP) is 4.65. The van der Waals surface area contributed by atoms with E-state index in [2.05, 4.69) is 11.2 Å². The van der Waals surface area contributed by atoms with Crippen LogP contribution >= 0.6 is 11.3 Å². The van der Waals surface area contributed by atoms with Gasteiger partial charge in [-0.25, -0.2) is 4.98 Å². The number of pyridine rings is 1. The number of hydrogen-bond acceptors (Lipinski definition) is 5. The third kappa shape index (κ3) is 3.46. The minimum absolute atomic E-state index is 0.0137. The van der Waals surface area contributed by atoms with Gasteiger partial charge in [0, 0.05) is 23.5 Å². The zero-order valence-corrected chi connectivity index (χ0v) is 17.3. The number of aryl methyl sites for hydroxylation is 2. The van der Waals surface area contributed by atoms with Crippen LogP contribution in [-0.4, -0.2) is 25.6 Å². The van der Waals surface area contributed by atoms with Gasteiger partial charge in [-0.05, 0) is 49.4 Å². The zero-order valence-electron chi connectivity index (χ0n) is 16.5. The van der Waals surface area contributed by atoms with Gasteiger partial charge in [0.1, 0.15) is 5.76 Å². The van der Waals surface area contributed by atoms with Gasteiger partial charge in [0.15, 0.2) is 5.65 Å². The first kappa shape index (κ1) is 18.1. The molecule has 0 aliphatic heterocycles. The minimum Gasteiger partial charge on any atom is -0.467 e. The number of carbonyl (C=O) groups excluding carboxylic acids is 1. The van der Waals surface area contributed by atoms with Crippen molar-refractivity contribution in [3.05, 3.63) is 69.6 Å². The average molecular weight is 407 g/mol. The highest BCUT2D eigenvalue weighted by atomic mass is 32.1. The summed E-state index contributed by atoms with van der Waals surface area (Å²) in [5.74, 6) is 1.21. The Morgan fingerprint density at radius 1 is 1.31 bits per heavy atom. The fourth-order valence-corrected chi connectivity index (χ4v) is 4.49. The SMILES string of the molecule is Cc1nn(C)c2nc(C3CC3)cc(C(=O)N(Cc3ccco3)Cc3cccs3)c12. The lowest BCUT2D eigenvalue weighted by Gasteiger charge is -2.22. The fourth-order valence-electron chi connectivity index (χ4n) is 3.77. The number of rotatable bonds is 6. The molecule has 0 unspecified atom stereocenters. The Hall–Kier alpha value is -2.93. The summed E-state index contributed by atoms with van der Waals surface area (Å²) in [5.41, 5.74) is 3.29. The Balaban J connectivity index is 1.59. The first-order valence-corrected chi connectivity index (χ1v) is 10.7. The summed E-state index contributed by atoms with van der Waals surface area (Å²) in [6.07, 6.45) is 3.91. The van der Waals surface area contributed by atoms with Crippen molar-refractivity contribution in [3.8, 4) is 0 Å². The minimum atomic E-state index is -0.0137. The van der Waals surface area contributed by atoms with Crippen LogP contribution in [0.25, 0.3) is 11.0 Å². The molecule has 0 atom stereocenters. The lowest BCUT2D eigenvalue weighted by atomic mass is 10.1. The molecule has 1 saturated carbocycles. The molecule has 0 radical (unpaired) electrons. The molecule has 1 fully saturated rings. The fraction of sp³-hybridized carbons (Fsp3) is 0.318. The monoisotopic (exact) mass is 406 g/mol. The molecular weight excluding hydrogens is 384 g/mol. The maximum absolute atomic E-state index is 13.8. The van der Waals surface area contributed by atoms with Crippen molar-refractivity contribution in [2.75, 3.05) is 0 Å². The molecule has 0 aromatic carbocycles. The van der Waals surface area contributed by atoms with Crippen molar-refractivity contribution in [1.29, 1.82) is 0 Å². The highest BCUT2D eigenvalue weighted by Gasteiger charge is 2.30. The molecule has 1 aliphatic carbocycles. The van der Waals surface area contributed by atoms with E-state index in [1.54, 1.807) is 22.3 Å². The van der Waals surface area contributed by atoms with E-state index in [0.717, 1.165) is 45.9 Å². The quantitative estimate of drug-likeness (QED) is 0.467. The van der Waals surface area contributed by atoms with Crippen molar-refractivity contribution in [2.45, 2.75) is 38.8 Å². The molecular formula is C22H22N4O2S. The summed E-state index contributed by atoms with van der Waals surface area (Å²) in [4.78, 5) is 21.6. The average Bonchev–Trinajstić information content (AvgIpc) is 3.08. The van der Waals surface area contributed by atoms with E-state index in [1.807, 2.05) is 48.5 Å². The van der Waals surface area contributed by atoms with Gasteiger partial charge in [0.2, 0.25) is 0 Å². The van der Waals surface area contributed by atoms with Crippen LogP contribution in [0.2, 0.25) is 0 Å². The van der Waals surface area contributed by atoms with Gasteiger partial charge in [-0.1, -0.05) is 6.07 Å². The molecule has 0 saturated heterocycles. The molecule has 0 N–H and O–H groups in total. The second kappa shape index (κ2) is 7.15. The van der Waals surface area contributed by atoms with Crippen LogP contribution in [0.5, 0.6) is 0 Å². The first-order valence-electron chi connectivity index (χ1n) is 9.78. The molecule has 4 heterocycles. The van der Waals surface area contributed by atoms with E-state index in [9.17, 15) is 4.79 Å². The van der Waals surface area contributed by atoms with Gasteiger partial charge in [0.05, 0.1) is 36.0 Å². The molecule has 29 heavy (non-hydrogen) atoms. The van der Waals surface area contributed by atoms with Gasteiger partial charge in [-0.2, -0.15) is 5.10 Å². The van der Waals surface area contributed by atoms with Gasteiger partial charge in [0.25, 0.3) is 5.91 Å². The van der Waals surface area contributed by atoms with E-state index in [1.165, 1.54) is 0 Å². The first-order chi connectivity index (χ1) is 14.1. The van der Waals surface area contributed by atoms with Crippen molar-refractivity contribution >= 4 is 28.3 Å². The van der Waals surface area contributed by atoms with E-state index < -0.39 is 0 Å². The molecule has 0 bridgehead atoms. The number of furan rings is 1. The van der Waals surface area contributed by atoms with Crippen molar-refractivity contribution in [1.82, 2.24) is 19.7 Å². The molecule has 0 spiro atoms. The third-order valence-electron chi connectivity index (χ3n) is 5.36. The van der Waals surface area contributed by atoms with E-state index >= 15 is 0 Å². The Morgan fingerprint density at radius 2 is 2.17 bits per heavy atom. The maximum Gasteiger partial charge on any atom is 0.255 e. The standard InChI is InChI=1S/C22H22N4O2S/c1-14-20-18(11-19(15-7-8-15)23-21(20)25(2)24-14)22(27)26(12-16-5-3-9-28-16)13-17-6-4-10-29-17/h3-6,9-11,15H,7-8,12-13H2,1-2H3. The maximum atomic E-state index is 13.8. The summed E-state index contributed by atoms with van der Waals surface area (Å²) in [7, 11) is 1.89. The number of aromatic nitrogens is 3. The number of fused-ring (bicyclic) bond motifs is 1. The van der Waals surface area contributed by atoms with Crippen LogP contribution in [0, 0.1) is 6.92 Å². The van der Waals surface area contributed by atoms with Gasteiger partial charge >= 0.3 is 0 Å². The van der Waals surface area contributed by atoms with Crippen molar-refractivity contribution in [2.24, 2.45) is 7.05 Å².